The number of benzene rings is 1. The molecule has 1 heterocycles. The lowest BCUT2D eigenvalue weighted by Gasteiger charge is -2.59. The second kappa shape index (κ2) is 7.09. The standard InChI is InChI=1S/C22H22ClN3O5/c23-18-16(25-15-3-1-2-13(7-15)20(28)29)10-24-26(19(18)27)22-8-11-4-12(9-22)6-14(5-11)17(22)21(30)31/h1-3,7,10-12,14,17,25H,4-6,8-9H2,(H,28,29)(H,30,31)/t11-,12-,14?,17-,22?/m0/s1. The van der Waals surface area contributed by atoms with Crippen LogP contribution in [0, 0.1) is 23.7 Å². The van der Waals surface area contributed by atoms with E-state index in [1.807, 2.05) is 0 Å². The summed E-state index contributed by atoms with van der Waals surface area (Å²) >= 11 is 6.42. The smallest absolute Gasteiger partial charge is 0.335 e. The zero-order valence-electron chi connectivity index (χ0n) is 16.6. The fourth-order valence-corrected chi connectivity index (χ4v) is 6.63. The number of aliphatic carboxylic acids is 1. The van der Waals surface area contributed by atoms with Gasteiger partial charge in [-0.2, -0.15) is 5.10 Å². The number of carboxylic acid groups (broad SMARTS) is 2. The Morgan fingerprint density at radius 3 is 2.52 bits per heavy atom. The molecular weight excluding hydrogens is 422 g/mol. The molecule has 0 aliphatic heterocycles. The summed E-state index contributed by atoms with van der Waals surface area (Å²) in [5, 5.41) is 26.4. The molecule has 2 aromatic rings. The molecule has 0 radical (unpaired) electrons. The third-order valence-electron chi connectivity index (χ3n) is 7.27. The van der Waals surface area contributed by atoms with Crippen molar-refractivity contribution in [1.29, 1.82) is 0 Å². The SMILES string of the molecule is O=C(O)c1cccc(Nc2cnn(C34C[C@@H]5CC(C[C@H](C5)C3)[C@H]4C(=O)O)c(=O)c2Cl)c1. The van der Waals surface area contributed by atoms with E-state index >= 15 is 0 Å². The highest BCUT2D eigenvalue weighted by Crippen LogP contribution is 2.61. The number of halogens is 1. The Morgan fingerprint density at radius 1 is 1.16 bits per heavy atom. The van der Waals surface area contributed by atoms with Gasteiger partial charge in [0.25, 0.3) is 5.56 Å². The van der Waals surface area contributed by atoms with Crippen molar-refractivity contribution in [3.8, 4) is 0 Å². The monoisotopic (exact) mass is 443 g/mol. The van der Waals surface area contributed by atoms with Crippen molar-refractivity contribution in [1.82, 2.24) is 9.78 Å². The largest absolute Gasteiger partial charge is 0.481 e. The molecule has 1 aromatic heterocycles. The Balaban J connectivity index is 1.54. The van der Waals surface area contributed by atoms with Gasteiger partial charge in [0.2, 0.25) is 0 Å². The summed E-state index contributed by atoms with van der Waals surface area (Å²) in [6.07, 6.45) is 5.58. The van der Waals surface area contributed by atoms with Gasteiger partial charge in [0.15, 0.2) is 0 Å². The maximum absolute atomic E-state index is 13.3. The lowest BCUT2D eigenvalue weighted by Crippen LogP contribution is -2.63. The molecule has 8 nitrogen and oxygen atoms in total. The third-order valence-corrected chi connectivity index (χ3v) is 7.63. The summed E-state index contributed by atoms with van der Waals surface area (Å²) in [4.78, 5) is 36.7. The van der Waals surface area contributed by atoms with Gasteiger partial charge >= 0.3 is 11.9 Å². The van der Waals surface area contributed by atoms with E-state index in [9.17, 15) is 19.5 Å². The average Bonchev–Trinajstić information content (AvgIpc) is 2.70. The maximum atomic E-state index is 13.3. The summed E-state index contributed by atoms with van der Waals surface area (Å²) in [7, 11) is 0. The van der Waals surface area contributed by atoms with Crippen LogP contribution in [0.2, 0.25) is 5.02 Å². The second-order valence-corrected chi connectivity index (χ2v) is 9.51. The van der Waals surface area contributed by atoms with Crippen LogP contribution in [0.15, 0.2) is 35.3 Å². The van der Waals surface area contributed by atoms with E-state index in [0.717, 1.165) is 19.3 Å². The van der Waals surface area contributed by atoms with E-state index in [0.29, 0.717) is 30.4 Å². The van der Waals surface area contributed by atoms with Crippen LogP contribution >= 0.6 is 11.6 Å². The molecule has 0 amide bonds. The Labute approximate surface area is 182 Å². The van der Waals surface area contributed by atoms with Crippen LogP contribution in [0.5, 0.6) is 0 Å². The van der Waals surface area contributed by atoms with Gasteiger partial charge in [-0.25, -0.2) is 9.48 Å². The Kier molecular flexibility index (Phi) is 4.58. The highest BCUT2D eigenvalue weighted by molar-refractivity contribution is 6.33. The van der Waals surface area contributed by atoms with E-state index in [1.165, 1.54) is 23.0 Å². The number of aromatic carboxylic acids is 1. The lowest BCUT2D eigenvalue weighted by molar-refractivity contribution is -0.168. The molecule has 0 spiro atoms. The van der Waals surface area contributed by atoms with Crippen molar-refractivity contribution >= 4 is 34.9 Å². The molecule has 31 heavy (non-hydrogen) atoms. The van der Waals surface area contributed by atoms with Crippen LogP contribution in [-0.2, 0) is 10.3 Å². The van der Waals surface area contributed by atoms with Gasteiger partial charge in [0, 0.05) is 5.69 Å². The van der Waals surface area contributed by atoms with Gasteiger partial charge in [-0.15, -0.1) is 0 Å². The first-order valence-electron chi connectivity index (χ1n) is 10.4. The molecule has 4 aliphatic carbocycles. The molecule has 6 rings (SSSR count). The number of nitrogens with one attached hydrogen (secondary N) is 1. The zero-order chi connectivity index (χ0) is 21.9. The fourth-order valence-electron chi connectivity index (χ4n) is 6.46. The van der Waals surface area contributed by atoms with Crippen molar-refractivity contribution in [2.24, 2.45) is 23.7 Å². The van der Waals surface area contributed by atoms with E-state index in [1.54, 1.807) is 12.1 Å². The quantitative estimate of drug-likeness (QED) is 0.645. The first-order valence-corrected chi connectivity index (χ1v) is 10.8. The van der Waals surface area contributed by atoms with Gasteiger partial charge in [-0.05, 0) is 68.1 Å². The van der Waals surface area contributed by atoms with Crippen LogP contribution in [-0.4, -0.2) is 31.9 Å². The predicted octanol–water partition coefficient (Wildman–Crippen LogP) is 3.57. The summed E-state index contributed by atoms with van der Waals surface area (Å²) in [5.74, 6) is -1.69. The van der Waals surface area contributed by atoms with Crippen LogP contribution in [0.1, 0.15) is 42.5 Å². The number of nitrogens with zero attached hydrogens (tertiary/aromatic N) is 2. The number of anilines is 2. The topological polar surface area (TPSA) is 122 Å². The molecule has 4 fully saturated rings. The lowest BCUT2D eigenvalue weighted by atomic mass is 9.48. The van der Waals surface area contributed by atoms with Crippen LogP contribution < -0.4 is 10.9 Å². The number of hydrogen-bond acceptors (Lipinski definition) is 5. The van der Waals surface area contributed by atoms with Crippen LogP contribution in [0.25, 0.3) is 0 Å². The van der Waals surface area contributed by atoms with Gasteiger partial charge < -0.3 is 15.5 Å². The number of hydrogen-bond donors (Lipinski definition) is 3. The van der Waals surface area contributed by atoms with Crippen molar-refractivity contribution in [3.05, 3.63) is 51.4 Å². The first kappa shape index (κ1) is 20.1. The van der Waals surface area contributed by atoms with E-state index in [4.69, 9.17) is 16.7 Å². The van der Waals surface area contributed by atoms with Crippen molar-refractivity contribution < 1.29 is 19.8 Å². The minimum Gasteiger partial charge on any atom is -0.481 e. The fraction of sp³-hybridized carbons (Fsp3) is 0.455. The number of rotatable bonds is 5. The summed E-state index contributed by atoms with van der Waals surface area (Å²) in [6.45, 7) is 0. The van der Waals surface area contributed by atoms with Crippen molar-refractivity contribution in [2.45, 2.75) is 37.6 Å². The molecule has 4 aliphatic rings. The third kappa shape index (κ3) is 3.12. The highest BCUT2D eigenvalue weighted by atomic mass is 35.5. The molecule has 9 heteroatoms. The predicted molar refractivity (Wildman–Crippen MR) is 113 cm³/mol. The number of carbonyl (C=O) groups is 2. The van der Waals surface area contributed by atoms with E-state index in [-0.39, 0.29) is 22.2 Å². The Hall–Kier alpha value is -2.87. The molecular formula is C22H22ClN3O5. The van der Waals surface area contributed by atoms with Gasteiger partial charge in [-0.3, -0.25) is 9.59 Å². The molecule has 0 unspecified atom stereocenters. The van der Waals surface area contributed by atoms with Crippen LogP contribution in [0.4, 0.5) is 11.4 Å². The Bertz CT molecular complexity index is 1130. The summed E-state index contributed by atoms with van der Waals surface area (Å²) in [5.41, 5.74) is -0.557. The number of carboxylic acids is 2. The minimum atomic E-state index is -1.06. The van der Waals surface area contributed by atoms with Crippen LogP contribution in [0.3, 0.4) is 0 Å². The maximum Gasteiger partial charge on any atom is 0.335 e. The molecule has 3 N–H and O–H groups in total. The second-order valence-electron chi connectivity index (χ2n) is 9.13. The Morgan fingerprint density at radius 2 is 1.87 bits per heavy atom. The first-order chi connectivity index (χ1) is 14.8. The van der Waals surface area contributed by atoms with Crippen molar-refractivity contribution in [3.63, 3.8) is 0 Å². The normalized spacial score (nSPS) is 30.9. The zero-order valence-corrected chi connectivity index (χ0v) is 17.4. The highest BCUT2D eigenvalue weighted by Gasteiger charge is 2.61. The van der Waals surface area contributed by atoms with Gasteiger partial charge in [0.1, 0.15) is 5.02 Å². The molecule has 4 saturated carbocycles. The summed E-state index contributed by atoms with van der Waals surface area (Å²) < 4.78 is 1.33. The molecule has 162 valence electrons. The molecule has 4 bridgehead atoms. The van der Waals surface area contributed by atoms with Crippen molar-refractivity contribution in [2.75, 3.05) is 5.32 Å². The molecule has 3 atom stereocenters. The minimum absolute atomic E-state index is 0.0628. The summed E-state index contributed by atoms with van der Waals surface area (Å²) in [6, 6.07) is 6.14. The number of aromatic nitrogens is 2. The van der Waals surface area contributed by atoms with E-state index in [2.05, 4.69) is 10.4 Å². The molecule has 1 aromatic carbocycles. The average molecular weight is 444 g/mol. The van der Waals surface area contributed by atoms with Gasteiger partial charge in [-0.1, -0.05) is 17.7 Å². The van der Waals surface area contributed by atoms with E-state index < -0.39 is 29.0 Å². The molecule has 0 saturated heterocycles. The van der Waals surface area contributed by atoms with Gasteiger partial charge in [0.05, 0.1) is 28.9 Å².